The molecule has 0 fully saturated rings. The SMILES string of the molecule is CCN(CC)CCNCc1nccc2c3ccccc3n(CCCc3ccccc3)c12.Cl.Cl.Cl.Cl. The van der Waals surface area contributed by atoms with E-state index < -0.39 is 0 Å². The lowest BCUT2D eigenvalue weighted by Crippen LogP contribution is -2.31. The first-order valence-electron chi connectivity index (χ1n) is 11.6. The molecule has 4 nitrogen and oxygen atoms in total. The van der Waals surface area contributed by atoms with Gasteiger partial charge in [-0.05, 0) is 43.6 Å². The molecular weight excluding hydrogens is 522 g/mol. The third-order valence-corrected chi connectivity index (χ3v) is 6.24. The molecule has 1 N–H and O–H groups in total. The summed E-state index contributed by atoms with van der Waals surface area (Å²) in [6.45, 7) is 10.5. The van der Waals surface area contributed by atoms with Crippen LogP contribution in [0.4, 0.5) is 0 Å². The van der Waals surface area contributed by atoms with E-state index in [4.69, 9.17) is 4.98 Å². The maximum atomic E-state index is 4.79. The summed E-state index contributed by atoms with van der Waals surface area (Å²) >= 11 is 0. The zero-order valence-electron chi connectivity index (χ0n) is 20.5. The van der Waals surface area contributed by atoms with Gasteiger partial charge in [-0.15, -0.1) is 49.6 Å². The molecule has 4 aromatic rings. The van der Waals surface area contributed by atoms with E-state index in [0.29, 0.717) is 0 Å². The van der Waals surface area contributed by atoms with E-state index in [2.05, 4.69) is 89.3 Å². The summed E-state index contributed by atoms with van der Waals surface area (Å²) in [4.78, 5) is 7.24. The number of aromatic nitrogens is 2. The predicted molar refractivity (Wildman–Crippen MR) is 160 cm³/mol. The number of aryl methyl sites for hydroxylation is 2. The number of nitrogens with zero attached hydrogens (tertiary/aromatic N) is 3. The lowest BCUT2D eigenvalue weighted by molar-refractivity contribution is 0.302. The van der Waals surface area contributed by atoms with Crippen molar-refractivity contribution in [2.75, 3.05) is 26.2 Å². The van der Waals surface area contributed by atoms with E-state index in [1.165, 1.54) is 27.4 Å². The van der Waals surface area contributed by atoms with Gasteiger partial charge in [0.15, 0.2) is 0 Å². The highest BCUT2D eigenvalue weighted by Gasteiger charge is 2.14. The Morgan fingerprint density at radius 1 is 0.829 bits per heavy atom. The van der Waals surface area contributed by atoms with E-state index in [1.807, 2.05) is 6.20 Å². The second-order valence-electron chi connectivity index (χ2n) is 8.12. The molecule has 0 spiro atoms. The van der Waals surface area contributed by atoms with E-state index in [9.17, 15) is 0 Å². The largest absolute Gasteiger partial charge is 0.339 e. The molecule has 8 heteroatoms. The molecule has 2 aromatic carbocycles. The third-order valence-electron chi connectivity index (χ3n) is 6.24. The lowest BCUT2D eigenvalue weighted by atomic mass is 10.1. The molecule has 0 aliphatic rings. The van der Waals surface area contributed by atoms with Crippen molar-refractivity contribution < 1.29 is 0 Å². The molecule has 0 aliphatic heterocycles. The molecule has 4 rings (SSSR count). The molecule has 194 valence electrons. The van der Waals surface area contributed by atoms with Gasteiger partial charge in [-0.2, -0.15) is 0 Å². The summed E-state index contributed by atoms with van der Waals surface area (Å²) in [5.41, 5.74) is 5.14. The van der Waals surface area contributed by atoms with Crippen LogP contribution < -0.4 is 5.32 Å². The van der Waals surface area contributed by atoms with Gasteiger partial charge < -0.3 is 14.8 Å². The quantitative estimate of drug-likeness (QED) is 0.202. The van der Waals surface area contributed by atoms with Gasteiger partial charge in [0.1, 0.15) is 0 Å². The molecule has 35 heavy (non-hydrogen) atoms. The monoisotopic (exact) mass is 558 g/mol. The smallest absolute Gasteiger partial charge is 0.0784 e. The Labute approximate surface area is 234 Å². The van der Waals surface area contributed by atoms with Gasteiger partial charge in [-0.25, -0.2) is 0 Å². The normalized spacial score (nSPS) is 10.4. The number of rotatable bonds is 11. The molecule has 0 amide bonds. The Balaban J connectivity index is 0.00000289. The molecule has 0 radical (unpaired) electrons. The van der Waals surface area contributed by atoms with Crippen molar-refractivity contribution >= 4 is 71.4 Å². The highest BCUT2D eigenvalue weighted by Crippen LogP contribution is 2.30. The topological polar surface area (TPSA) is 33.1 Å². The number of hydrogen-bond acceptors (Lipinski definition) is 3. The highest BCUT2D eigenvalue weighted by atomic mass is 35.5. The number of fused-ring (bicyclic) bond motifs is 3. The standard InChI is InChI=1S/C27H34N4.4ClH/c1-3-30(4-2)20-18-28-21-25-27-24(16-17-29-25)23-14-8-9-15-26(23)31(27)19-10-13-22-11-6-5-7-12-22;;;;/h5-9,11-12,14-17,28H,3-4,10,13,18-21H2,1-2H3;4*1H. The van der Waals surface area contributed by atoms with Gasteiger partial charge in [-0.1, -0.05) is 62.4 Å². The minimum Gasteiger partial charge on any atom is -0.339 e. The first kappa shape index (κ1) is 33.5. The molecule has 0 unspecified atom stereocenters. The van der Waals surface area contributed by atoms with Crippen LogP contribution in [0.15, 0.2) is 66.9 Å². The Bertz CT molecular complexity index is 1110. The Morgan fingerprint density at radius 3 is 2.23 bits per heavy atom. The summed E-state index contributed by atoms with van der Waals surface area (Å²) in [6.07, 6.45) is 4.17. The molecule has 0 aliphatic carbocycles. The summed E-state index contributed by atoms with van der Waals surface area (Å²) in [6, 6.07) is 21.7. The Kier molecular flexibility index (Phi) is 16.3. The Morgan fingerprint density at radius 2 is 1.51 bits per heavy atom. The van der Waals surface area contributed by atoms with Gasteiger partial charge >= 0.3 is 0 Å². The molecule has 0 bridgehead atoms. The average Bonchev–Trinajstić information content (AvgIpc) is 3.14. The number of nitrogens with one attached hydrogen (secondary N) is 1. The zero-order valence-corrected chi connectivity index (χ0v) is 23.7. The minimum absolute atomic E-state index is 0. The van der Waals surface area contributed by atoms with Gasteiger partial charge in [0, 0.05) is 48.7 Å². The number of benzene rings is 2. The van der Waals surface area contributed by atoms with Crippen molar-refractivity contribution in [3.63, 3.8) is 0 Å². The van der Waals surface area contributed by atoms with Crippen LogP contribution in [0, 0.1) is 0 Å². The zero-order chi connectivity index (χ0) is 21.5. The van der Waals surface area contributed by atoms with Crippen LogP contribution in [0.1, 0.15) is 31.5 Å². The van der Waals surface area contributed by atoms with E-state index in [-0.39, 0.29) is 49.6 Å². The number of hydrogen-bond donors (Lipinski definition) is 1. The maximum Gasteiger partial charge on any atom is 0.0784 e. The fourth-order valence-corrected chi connectivity index (χ4v) is 4.50. The van der Waals surface area contributed by atoms with Crippen molar-refractivity contribution in [1.82, 2.24) is 19.8 Å². The second kappa shape index (κ2) is 17.0. The van der Waals surface area contributed by atoms with Gasteiger partial charge in [-0.3, -0.25) is 4.98 Å². The second-order valence-corrected chi connectivity index (χ2v) is 8.12. The lowest BCUT2D eigenvalue weighted by Gasteiger charge is -2.18. The van der Waals surface area contributed by atoms with Gasteiger partial charge in [0.05, 0.1) is 11.2 Å². The molecule has 2 aromatic heterocycles. The van der Waals surface area contributed by atoms with Crippen molar-refractivity contribution in [2.45, 2.75) is 39.8 Å². The molecule has 2 heterocycles. The summed E-state index contributed by atoms with van der Waals surface area (Å²) in [5.74, 6) is 0. The molecule has 0 saturated heterocycles. The fourth-order valence-electron chi connectivity index (χ4n) is 4.50. The van der Waals surface area contributed by atoms with Crippen molar-refractivity contribution in [3.05, 3.63) is 78.1 Å². The number of likely N-dealkylation sites (N-methyl/N-ethyl adjacent to an activating group) is 1. The van der Waals surface area contributed by atoms with Crippen molar-refractivity contribution in [1.29, 1.82) is 0 Å². The van der Waals surface area contributed by atoms with Crippen LogP contribution >= 0.6 is 49.6 Å². The van der Waals surface area contributed by atoms with Crippen LogP contribution in [0.3, 0.4) is 0 Å². The van der Waals surface area contributed by atoms with Crippen LogP contribution in [0.2, 0.25) is 0 Å². The number of pyridine rings is 1. The first-order chi connectivity index (χ1) is 15.3. The van der Waals surface area contributed by atoms with E-state index in [1.54, 1.807) is 0 Å². The average molecular weight is 560 g/mol. The summed E-state index contributed by atoms with van der Waals surface area (Å²) < 4.78 is 2.49. The fraction of sp³-hybridized carbons (Fsp3) is 0.370. The van der Waals surface area contributed by atoms with Crippen molar-refractivity contribution in [3.8, 4) is 0 Å². The van der Waals surface area contributed by atoms with E-state index >= 15 is 0 Å². The van der Waals surface area contributed by atoms with Gasteiger partial charge in [0.2, 0.25) is 0 Å². The van der Waals surface area contributed by atoms with Crippen LogP contribution in [-0.2, 0) is 19.5 Å². The van der Waals surface area contributed by atoms with E-state index in [0.717, 1.165) is 57.8 Å². The number of halogens is 4. The van der Waals surface area contributed by atoms with Crippen LogP contribution in [-0.4, -0.2) is 40.6 Å². The molecule has 0 atom stereocenters. The number of para-hydroxylation sites is 1. The maximum absolute atomic E-state index is 4.79. The van der Waals surface area contributed by atoms with Crippen LogP contribution in [0.5, 0.6) is 0 Å². The van der Waals surface area contributed by atoms with Gasteiger partial charge in [0.25, 0.3) is 0 Å². The Hall–Kier alpha value is -1.53. The third kappa shape index (κ3) is 8.24. The minimum atomic E-state index is 0. The highest BCUT2D eigenvalue weighted by molar-refractivity contribution is 6.08. The summed E-state index contributed by atoms with van der Waals surface area (Å²) in [7, 11) is 0. The predicted octanol–water partition coefficient (Wildman–Crippen LogP) is 6.94. The molecular formula is C27H38Cl4N4. The van der Waals surface area contributed by atoms with Crippen LogP contribution in [0.25, 0.3) is 21.8 Å². The van der Waals surface area contributed by atoms with Crippen molar-refractivity contribution in [2.24, 2.45) is 0 Å². The molecule has 0 saturated carbocycles. The summed E-state index contributed by atoms with van der Waals surface area (Å²) in [5, 5.41) is 6.26. The first-order valence-corrected chi connectivity index (χ1v) is 11.6.